The van der Waals surface area contributed by atoms with Crippen molar-refractivity contribution in [2.75, 3.05) is 11.2 Å². The molecule has 0 spiro atoms. The van der Waals surface area contributed by atoms with Crippen LogP contribution >= 0.6 is 22.9 Å². The zero-order chi connectivity index (χ0) is 14.5. The summed E-state index contributed by atoms with van der Waals surface area (Å²) in [7, 11) is 0. The van der Waals surface area contributed by atoms with Gasteiger partial charge in [-0.2, -0.15) is 0 Å². The number of alkyl halides is 1. The van der Waals surface area contributed by atoms with E-state index >= 15 is 0 Å². The van der Waals surface area contributed by atoms with Crippen LogP contribution in [0.15, 0.2) is 29.6 Å². The Hall–Kier alpha value is -1.39. The van der Waals surface area contributed by atoms with Gasteiger partial charge in [-0.25, -0.2) is 4.98 Å². The molecule has 0 saturated carbocycles. The molecule has 5 heteroatoms. The van der Waals surface area contributed by atoms with Crippen LogP contribution in [0.1, 0.15) is 31.7 Å². The number of nitrogens with zero attached hydrogens (tertiary/aromatic N) is 1. The summed E-state index contributed by atoms with van der Waals surface area (Å²) < 4.78 is 0. The van der Waals surface area contributed by atoms with Crippen LogP contribution in [-0.2, 0) is 4.79 Å². The Morgan fingerprint density at radius 1 is 1.35 bits per heavy atom. The number of aromatic nitrogens is 1. The van der Waals surface area contributed by atoms with Gasteiger partial charge in [0.15, 0.2) is 5.13 Å². The number of amides is 1. The second kappa shape index (κ2) is 6.86. The third kappa shape index (κ3) is 3.81. The predicted octanol–water partition coefficient (Wildman–Crippen LogP) is 4.50. The monoisotopic (exact) mass is 308 g/mol. The summed E-state index contributed by atoms with van der Waals surface area (Å²) in [6.07, 6.45) is 0.305. The maximum Gasteiger partial charge on any atom is 0.227 e. The normalized spacial score (nSPS) is 10.8. The van der Waals surface area contributed by atoms with Gasteiger partial charge in [-0.05, 0) is 11.5 Å². The molecule has 106 valence electrons. The van der Waals surface area contributed by atoms with Crippen molar-refractivity contribution >= 4 is 34.0 Å². The minimum absolute atomic E-state index is 0.101. The first-order chi connectivity index (χ1) is 9.60. The van der Waals surface area contributed by atoms with E-state index in [-0.39, 0.29) is 5.91 Å². The maximum absolute atomic E-state index is 11.4. The number of thiazole rings is 1. The van der Waals surface area contributed by atoms with Crippen molar-refractivity contribution in [1.29, 1.82) is 0 Å². The van der Waals surface area contributed by atoms with Crippen molar-refractivity contribution in [2.24, 2.45) is 0 Å². The van der Waals surface area contributed by atoms with E-state index in [9.17, 15) is 4.79 Å². The van der Waals surface area contributed by atoms with Crippen molar-refractivity contribution in [2.45, 2.75) is 26.2 Å². The van der Waals surface area contributed by atoms with E-state index in [1.54, 1.807) is 0 Å². The molecule has 1 aromatic carbocycles. The van der Waals surface area contributed by atoms with Crippen molar-refractivity contribution in [1.82, 2.24) is 4.98 Å². The molecule has 1 aromatic heterocycles. The number of carbonyl (C=O) groups excluding carboxylic acids is 1. The van der Waals surface area contributed by atoms with Crippen LogP contribution in [0.5, 0.6) is 0 Å². The third-order valence-electron chi connectivity index (χ3n) is 2.95. The topological polar surface area (TPSA) is 42.0 Å². The number of carbonyl (C=O) groups is 1. The largest absolute Gasteiger partial charge is 0.302 e. The Kier molecular flexibility index (Phi) is 5.15. The SMILES string of the molecule is CC(C)c1ccc(-c2csc(NC(=O)CCCl)n2)cc1. The maximum atomic E-state index is 11.4. The number of hydrogen-bond donors (Lipinski definition) is 1. The van der Waals surface area contributed by atoms with Gasteiger partial charge < -0.3 is 5.32 Å². The highest BCUT2D eigenvalue weighted by Gasteiger charge is 2.08. The smallest absolute Gasteiger partial charge is 0.227 e. The molecule has 0 saturated heterocycles. The molecule has 0 fully saturated rings. The van der Waals surface area contributed by atoms with E-state index in [1.807, 2.05) is 5.38 Å². The third-order valence-corrected chi connectivity index (χ3v) is 3.89. The van der Waals surface area contributed by atoms with Gasteiger partial charge in [0.1, 0.15) is 0 Å². The Morgan fingerprint density at radius 2 is 2.05 bits per heavy atom. The van der Waals surface area contributed by atoms with E-state index < -0.39 is 0 Å². The van der Waals surface area contributed by atoms with E-state index in [0.29, 0.717) is 23.4 Å². The van der Waals surface area contributed by atoms with Crippen LogP contribution in [0.4, 0.5) is 5.13 Å². The van der Waals surface area contributed by atoms with E-state index in [2.05, 4.69) is 48.4 Å². The van der Waals surface area contributed by atoms with Crippen LogP contribution < -0.4 is 5.32 Å². The summed E-state index contributed by atoms with van der Waals surface area (Å²) in [5, 5.41) is 5.31. The van der Waals surface area contributed by atoms with Crippen molar-refractivity contribution in [3.8, 4) is 11.3 Å². The molecule has 3 nitrogen and oxygen atoms in total. The Morgan fingerprint density at radius 3 is 2.65 bits per heavy atom. The minimum Gasteiger partial charge on any atom is -0.302 e. The van der Waals surface area contributed by atoms with Crippen LogP contribution in [0.25, 0.3) is 11.3 Å². The summed E-state index contributed by atoms with van der Waals surface area (Å²) in [6, 6.07) is 8.36. The lowest BCUT2D eigenvalue weighted by Gasteiger charge is -2.05. The van der Waals surface area contributed by atoms with Gasteiger partial charge in [0, 0.05) is 23.2 Å². The lowest BCUT2D eigenvalue weighted by molar-refractivity contribution is -0.115. The van der Waals surface area contributed by atoms with Gasteiger partial charge in [-0.15, -0.1) is 22.9 Å². The van der Waals surface area contributed by atoms with E-state index in [0.717, 1.165) is 11.3 Å². The molecule has 0 aliphatic rings. The van der Waals surface area contributed by atoms with Gasteiger partial charge >= 0.3 is 0 Å². The number of halogens is 1. The molecule has 1 N–H and O–H groups in total. The standard InChI is InChI=1S/C15H17ClN2OS/c1-10(2)11-3-5-12(6-4-11)13-9-20-15(17-13)18-14(19)7-8-16/h3-6,9-10H,7-8H2,1-2H3,(H,17,18,19). The second-order valence-corrected chi connectivity index (χ2v) is 6.04. The molecular formula is C15H17ClN2OS. The first kappa shape index (κ1) is 15.0. The number of rotatable bonds is 5. The molecule has 0 atom stereocenters. The average molecular weight is 309 g/mol. The van der Waals surface area contributed by atoms with Crippen LogP contribution in [0, 0.1) is 0 Å². The van der Waals surface area contributed by atoms with Crippen molar-refractivity contribution in [3.63, 3.8) is 0 Å². The highest BCUT2D eigenvalue weighted by molar-refractivity contribution is 7.14. The molecule has 1 heterocycles. The van der Waals surface area contributed by atoms with Crippen molar-refractivity contribution < 1.29 is 4.79 Å². The fourth-order valence-electron chi connectivity index (χ4n) is 1.77. The lowest BCUT2D eigenvalue weighted by atomic mass is 10.0. The molecule has 20 heavy (non-hydrogen) atoms. The zero-order valence-electron chi connectivity index (χ0n) is 11.5. The van der Waals surface area contributed by atoms with Crippen LogP contribution in [-0.4, -0.2) is 16.8 Å². The molecule has 0 aliphatic heterocycles. The molecule has 0 radical (unpaired) electrons. The first-order valence-corrected chi connectivity index (χ1v) is 7.93. The predicted molar refractivity (Wildman–Crippen MR) is 85.6 cm³/mol. The first-order valence-electron chi connectivity index (χ1n) is 6.52. The number of anilines is 1. The van der Waals surface area contributed by atoms with Gasteiger partial charge in [0.2, 0.25) is 5.91 Å². The highest BCUT2D eigenvalue weighted by Crippen LogP contribution is 2.26. The second-order valence-electron chi connectivity index (χ2n) is 4.80. The summed E-state index contributed by atoms with van der Waals surface area (Å²) in [6.45, 7) is 4.34. The fraction of sp³-hybridized carbons (Fsp3) is 0.333. The summed E-state index contributed by atoms with van der Waals surface area (Å²) in [5.41, 5.74) is 3.24. The molecule has 1 amide bonds. The van der Waals surface area contributed by atoms with Crippen LogP contribution in [0.2, 0.25) is 0 Å². The number of hydrogen-bond acceptors (Lipinski definition) is 3. The Labute approximate surface area is 128 Å². The fourth-order valence-corrected chi connectivity index (χ4v) is 2.68. The Balaban J connectivity index is 2.10. The summed E-state index contributed by atoms with van der Waals surface area (Å²) in [5.74, 6) is 0.738. The van der Waals surface area contributed by atoms with E-state index in [4.69, 9.17) is 11.6 Å². The molecule has 2 rings (SSSR count). The Bertz CT molecular complexity index is 578. The summed E-state index contributed by atoms with van der Waals surface area (Å²) in [4.78, 5) is 15.9. The van der Waals surface area contributed by atoms with E-state index in [1.165, 1.54) is 16.9 Å². The van der Waals surface area contributed by atoms with Gasteiger partial charge in [-0.3, -0.25) is 4.79 Å². The quantitative estimate of drug-likeness (QED) is 0.826. The molecule has 2 aromatic rings. The molecular weight excluding hydrogens is 292 g/mol. The van der Waals surface area contributed by atoms with Crippen LogP contribution in [0.3, 0.4) is 0 Å². The molecule has 0 unspecified atom stereocenters. The summed E-state index contributed by atoms with van der Waals surface area (Å²) >= 11 is 6.95. The van der Waals surface area contributed by atoms with Gasteiger partial charge in [0.25, 0.3) is 0 Å². The van der Waals surface area contributed by atoms with Crippen molar-refractivity contribution in [3.05, 3.63) is 35.2 Å². The number of nitrogens with one attached hydrogen (secondary N) is 1. The lowest BCUT2D eigenvalue weighted by Crippen LogP contribution is -2.11. The molecule has 0 bridgehead atoms. The number of benzene rings is 1. The molecule has 0 aliphatic carbocycles. The van der Waals surface area contributed by atoms with Gasteiger partial charge in [0.05, 0.1) is 5.69 Å². The average Bonchev–Trinajstić information content (AvgIpc) is 2.87. The highest BCUT2D eigenvalue weighted by atomic mass is 35.5. The zero-order valence-corrected chi connectivity index (χ0v) is 13.1. The van der Waals surface area contributed by atoms with Gasteiger partial charge in [-0.1, -0.05) is 38.1 Å². The minimum atomic E-state index is -0.101.